The maximum atomic E-state index is 4.30. The molecule has 130 valence electrons. The molecule has 0 amide bonds. The van der Waals surface area contributed by atoms with Gasteiger partial charge in [0.2, 0.25) is 0 Å². The van der Waals surface area contributed by atoms with E-state index in [0.29, 0.717) is 6.54 Å². The maximum absolute atomic E-state index is 4.30. The molecule has 2 N–H and O–H groups in total. The monoisotopic (exact) mass is 336 g/mol. The van der Waals surface area contributed by atoms with E-state index in [1.807, 2.05) is 18.5 Å². The molecule has 3 rings (SSSR count). The van der Waals surface area contributed by atoms with Crippen molar-refractivity contribution in [2.75, 3.05) is 7.05 Å². The molecule has 0 bridgehead atoms. The third kappa shape index (κ3) is 3.79. The van der Waals surface area contributed by atoms with Gasteiger partial charge in [-0.2, -0.15) is 0 Å². The molecule has 0 aliphatic rings. The SMILES string of the molecule is CN=C(NCc1nnc(C)n1C)NC(C)c1ccc2ccccc2c1. The van der Waals surface area contributed by atoms with Gasteiger partial charge >= 0.3 is 0 Å². The van der Waals surface area contributed by atoms with Crippen LogP contribution in [0.3, 0.4) is 0 Å². The first-order valence-electron chi connectivity index (χ1n) is 8.39. The highest BCUT2D eigenvalue weighted by Gasteiger charge is 2.10. The van der Waals surface area contributed by atoms with Gasteiger partial charge in [0, 0.05) is 14.1 Å². The van der Waals surface area contributed by atoms with Crippen LogP contribution in [0, 0.1) is 6.92 Å². The second-order valence-electron chi connectivity index (χ2n) is 6.12. The summed E-state index contributed by atoms with van der Waals surface area (Å²) >= 11 is 0. The van der Waals surface area contributed by atoms with Gasteiger partial charge in [-0.3, -0.25) is 4.99 Å². The van der Waals surface area contributed by atoms with Crippen LogP contribution < -0.4 is 10.6 Å². The number of benzene rings is 2. The average Bonchev–Trinajstić information content (AvgIpc) is 2.96. The number of nitrogens with one attached hydrogen (secondary N) is 2. The molecule has 2 aromatic carbocycles. The van der Waals surface area contributed by atoms with Crippen molar-refractivity contribution in [1.29, 1.82) is 0 Å². The lowest BCUT2D eigenvalue weighted by atomic mass is 10.0. The molecule has 0 saturated heterocycles. The van der Waals surface area contributed by atoms with Crippen LogP contribution >= 0.6 is 0 Å². The minimum atomic E-state index is 0.136. The lowest BCUT2D eigenvalue weighted by molar-refractivity contribution is 0.668. The summed E-state index contributed by atoms with van der Waals surface area (Å²) in [7, 11) is 3.73. The van der Waals surface area contributed by atoms with E-state index in [-0.39, 0.29) is 6.04 Å². The molecule has 0 spiro atoms. The van der Waals surface area contributed by atoms with Gasteiger partial charge in [0.15, 0.2) is 11.8 Å². The summed E-state index contributed by atoms with van der Waals surface area (Å²) in [4.78, 5) is 4.30. The Morgan fingerprint density at radius 2 is 1.92 bits per heavy atom. The number of hydrogen-bond donors (Lipinski definition) is 2. The zero-order valence-corrected chi connectivity index (χ0v) is 15.1. The lowest BCUT2D eigenvalue weighted by Gasteiger charge is -2.18. The van der Waals surface area contributed by atoms with Crippen LogP contribution in [0.25, 0.3) is 10.8 Å². The van der Waals surface area contributed by atoms with Crippen molar-refractivity contribution in [3.63, 3.8) is 0 Å². The number of rotatable bonds is 4. The summed E-state index contributed by atoms with van der Waals surface area (Å²) in [6.45, 7) is 4.64. The number of aromatic nitrogens is 3. The lowest BCUT2D eigenvalue weighted by Crippen LogP contribution is -2.38. The molecule has 25 heavy (non-hydrogen) atoms. The molecular formula is C19H24N6. The summed E-state index contributed by atoms with van der Waals surface area (Å²) in [6.07, 6.45) is 0. The Bertz CT molecular complexity index is 896. The number of aliphatic imine (C=N–C) groups is 1. The van der Waals surface area contributed by atoms with Crippen LogP contribution in [0.5, 0.6) is 0 Å². The largest absolute Gasteiger partial charge is 0.350 e. The van der Waals surface area contributed by atoms with Crippen LogP contribution in [-0.2, 0) is 13.6 Å². The Morgan fingerprint density at radius 1 is 1.16 bits per heavy atom. The van der Waals surface area contributed by atoms with Crippen molar-refractivity contribution in [2.24, 2.45) is 12.0 Å². The van der Waals surface area contributed by atoms with Gasteiger partial charge in [-0.25, -0.2) is 0 Å². The fraction of sp³-hybridized carbons (Fsp3) is 0.316. The molecule has 1 aromatic heterocycles. The second kappa shape index (κ2) is 7.34. The minimum absolute atomic E-state index is 0.136. The molecule has 0 fully saturated rings. The summed E-state index contributed by atoms with van der Waals surface area (Å²) in [5, 5.41) is 17.4. The Hall–Kier alpha value is -2.89. The Kier molecular flexibility index (Phi) is 4.97. The first-order valence-corrected chi connectivity index (χ1v) is 8.39. The molecule has 6 heteroatoms. The predicted octanol–water partition coefficient (Wildman–Crippen LogP) is 2.70. The topological polar surface area (TPSA) is 67.1 Å². The first-order chi connectivity index (χ1) is 12.1. The Labute approximate surface area is 148 Å². The van der Waals surface area contributed by atoms with Gasteiger partial charge in [-0.05, 0) is 36.2 Å². The molecule has 0 radical (unpaired) electrons. The zero-order chi connectivity index (χ0) is 17.8. The highest BCUT2D eigenvalue weighted by Crippen LogP contribution is 2.20. The van der Waals surface area contributed by atoms with Gasteiger partial charge in [-0.15, -0.1) is 10.2 Å². The highest BCUT2D eigenvalue weighted by molar-refractivity contribution is 5.84. The number of guanidine groups is 1. The number of fused-ring (bicyclic) bond motifs is 1. The van der Waals surface area contributed by atoms with Gasteiger partial charge in [-0.1, -0.05) is 36.4 Å². The zero-order valence-electron chi connectivity index (χ0n) is 15.1. The third-order valence-corrected chi connectivity index (χ3v) is 4.45. The Morgan fingerprint density at radius 3 is 2.60 bits per heavy atom. The van der Waals surface area contributed by atoms with E-state index in [9.17, 15) is 0 Å². The van der Waals surface area contributed by atoms with E-state index in [0.717, 1.165) is 17.6 Å². The summed E-state index contributed by atoms with van der Waals surface area (Å²) in [5.41, 5.74) is 1.22. The van der Waals surface area contributed by atoms with Crippen molar-refractivity contribution in [2.45, 2.75) is 26.4 Å². The van der Waals surface area contributed by atoms with E-state index in [4.69, 9.17) is 0 Å². The molecule has 0 aliphatic heterocycles. The van der Waals surface area contributed by atoms with E-state index in [1.165, 1.54) is 16.3 Å². The molecule has 1 atom stereocenters. The maximum Gasteiger partial charge on any atom is 0.191 e. The van der Waals surface area contributed by atoms with Gasteiger partial charge in [0.1, 0.15) is 5.82 Å². The summed E-state index contributed by atoms with van der Waals surface area (Å²) in [6, 6.07) is 15.0. The van der Waals surface area contributed by atoms with Crippen LogP contribution in [-0.4, -0.2) is 27.8 Å². The van der Waals surface area contributed by atoms with Crippen LogP contribution in [0.1, 0.15) is 30.2 Å². The molecular weight excluding hydrogens is 312 g/mol. The smallest absolute Gasteiger partial charge is 0.191 e. The fourth-order valence-electron chi connectivity index (χ4n) is 2.73. The van der Waals surface area contributed by atoms with Crippen LogP contribution in [0.4, 0.5) is 0 Å². The molecule has 6 nitrogen and oxygen atoms in total. The third-order valence-electron chi connectivity index (χ3n) is 4.45. The first kappa shape index (κ1) is 17.0. The molecule has 1 unspecified atom stereocenters. The van der Waals surface area contributed by atoms with E-state index in [1.54, 1.807) is 7.05 Å². The number of hydrogen-bond acceptors (Lipinski definition) is 3. The average molecular weight is 336 g/mol. The quantitative estimate of drug-likeness (QED) is 0.568. The van der Waals surface area contributed by atoms with Crippen LogP contribution in [0.2, 0.25) is 0 Å². The molecule has 3 aromatic rings. The highest BCUT2D eigenvalue weighted by atomic mass is 15.3. The van der Waals surface area contributed by atoms with Crippen LogP contribution in [0.15, 0.2) is 47.5 Å². The number of nitrogens with zero attached hydrogens (tertiary/aromatic N) is 4. The Balaban J connectivity index is 1.66. The molecule has 0 aliphatic carbocycles. The van der Waals surface area contributed by atoms with Gasteiger partial charge < -0.3 is 15.2 Å². The van der Waals surface area contributed by atoms with Crippen molar-refractivity contribution in [3.8, 4) is 0 Å². The van der Waals surface area contributed by atoms with E-state index in [2.05, 4.69) is 75.2 Å². The predicted molar refractivity (Wildman–Crippen MR) is 101 cm³/mol. The minimum Gasteiger partial charge on any atom is -0.350 e. The molecule has 1 heterocycles. The van der Waals surface area contributed by atoms with Crippen molar-refractivity contribution >= 4 is 16.7 Å². The standard InChI is InChI=1S/C19H24N6/c1-13(16-10-9-15-7-5-6-8-17(15)11-16)22-19(20-3)21-12-18-24-23-14(2)25(18)4/h5-11,13H,12H2,1-4H3,(H2,20,21,22). The summed E-state index contributed by atoms with van der Waals surface area (Å²) < 4.78 is 1.97. The number of aryl methyl sites for hydroxylation is 1. The normalized spacial score (nSPS) is 13.0. The fourth-order valence-corrected chi connectivity index (χ4v) is 2.73. The van der Waals surface area contributed by atoms with Crippen molar-refractivity contribution < 1.29 is 0 Å². The van der Waals surface area contributed by atoms with Crippen molar-refractivity contribution in [1.82, 2.24) is 25.4 Å². The van der Waals surface area contributed by atoms with E-state index >= 15 is 0 Å². The van der Waals surface area contributed by atoms with Gasteiger partial charge in [0.05, 0.1) is 12.6 Å². The second-order valence-corrected chi connectivity index (χ2v) is 6.12. The summed E-state index contributed by atoms with van der Waals surface area (Å²) in [5.74, 6) is 2.50. The molecule has 0 saturated carbocycles. The van der Waals surface area contributed by atoms with E-state index < -0.39 is 0 Å². The van der Waals surface area contributed by atoms with Gasteiger partial charge in [0.25, 0.3) is 0 Å². The van der Waals surface area contributed by atoms with Crippen molar-refractivity contribution in [3.05, 3.63) is 59.7 Å².